The molecular weight excluding hydrogens is 356 g/mol. The highest BCUT2D eigenvalue weighted by molar-refractivity contribution is 6.30. The number of benzene rings is 1. The van der Waals surface area contributed by atoms with Crippen LogP contribution in [0.15, 0.2) is 41.5 Å². The molecule has 0 aliphatic carbocycles. The zero-order valence-electron chi connectivity index (χ0n) is 14.5. The first-order chi connectivity index (χ1) is 12.5. The van der Waals surface area contributed by atoms with Gasteiger partial charge in [0.25, 0.3) is 0 Å². The number of aromatic nitrogens is 4. The lowest BCUT2D eigenvalue weighted by molar-refractivity contribution is -0.117. The van der Waals surface area contributed by atoms with Crippen LogP contribution in [0.2, 0.25) is 5.02 Å². The van der Waals surface area contributed by atoms with E-state index < -0.39 is 5.69 Å². The summed E-state index contributed by atoms with van der Waals surface area (Å²) in [6.07, 6.45) is 4.03. The summed E-state index contributed by atoms with van der Waals surface area (Å²) < 4.78 is 2.52. The average Bonchev–Trinajstić information content (AvgIpc) is 2.91. The molecule has 136 valence electrons. The van der Waals surface area contributed by atoms with Gasteiger partial charge < -0.3 is 10.2 Å². The highest BCUT2D eigenvalue weighted by Crippen LogP contribution is 2.15. The second kappa shape index (κ2) is 7.57. The van der Waals surface area contributed by atoms with Crippen LogP contribution in [-0.2, 0) is 11.3 Å². The van der Waals surface area contributed by atoms with E-state index in [1.165, 1.54) is 4.40 Å². The maximum atomic E-state index is 12.5. The van der Waals surface area contributed by atoms with Gasteiger partial charge in [0.15, 0.2) is 5.82 Å². The number of anilines is 2. The van der Waals surface area contributed by atoms with Gasteiger partial charge in [0.2, 0.25) is 11.6 Å². The molecule has 2 heterocycles. The number of carbonyl (C=O) groups is 1. The van der Waals surface area contributed by atoms with E-state index in [9.17, 15) is 9.59 Å². The Morgan fingerprint density at radius 2 is 2.19 bits per heavy atom. The van der Waals surface area contributed by atoms with Crippen molar-refractivity contribution in [2.75, 3.05) is 23.8 Å². The van der Waals surface area contributed by atoms with E-state index in [1.807, 2.05) is 11.9 Å². The number of halogens is 1. The lowest BCUT2D eigenvalue weighted by atomic mass is 10.3. The van der Waals surface area contributed by atoms with E-state index >= 15 is 0 Å². The number of amides is 1. The van der Waals surface area contributed by atoms with E-state index in [0.29, 0.717) is 22.2 Å². The summed E-state index contributed by atoms with van der Waals surface area (Å²) in [4.78, 5) is 31.0. The van der Waals surface area contributed by atoms with Gasteiger partial charge in [0.1, 0.15) is 6.54 Å². The Kier molecular flexibility index (Phi) is 5.22. The number of nitrogens with one attached hydrogen (secondary N) is 1. The molecule has 1 N–H and O–H groups in total. The number of hydrogen-bond donors (Lipinski definition) is 1. The van der Waals surface area contributed by atoms with Gasteiger partial charge in [-0.3, -0.25) is 4.79 Å². The molecule has 0 aliphatic heterocycles. The monoisotopic (exact) mass is 374 g/mol. The standard InChI is InChI=1S/C17H19ClN6O2/c1-3-8-22(2)15-16-21-24(17(26)23(16)9-7-19-15)11-14(25)20-13-6-4-5-12(18)10-13/h4-7,9-10H,3,8,11H2,1-2H3,(H,20,25). The fourth-order valence-electron chi connectivity index (χ4n) is 2.65. The van der Waals surface area contributed by atoms with Crippen molar-refractivity contribution in [2.45, 2.75) is 19.9 Å². The minimum atomic E-state index is -0.394. The lowest BCUT2D eigenvalue weighted by Gasteiger charge is -2.16. The quantitative estimate of drug-likeness (QED) is 0.713. The number of fused-ring (bicyclic) bond motifs is 1. The van der Waals surface area contributed by atoms with Crippen LogP contribution in [0.1, 0.15) is 13.3 Å². The fraction of sp³-hybridized carbons (Fsp3) is 0.294. The number of hydrogen-bond acceptors (Lipinski definition) is 5. The summed E-state index contributed by atoms with van der Waals surface area (Å²) in [5.41, 5.74) is 0.586. The van der Waals surface area contributed by atoms with Crippen LogP contribution in [0, 0.1) is 0 Å². The Balaban J connectivity index is 1.86. The minimum Gasteiger partial charge on any atom is -0.357 e. The number of rotatable bonds is 6. The normalized spacial score (nSPS) is 10.9. The van der Waals surface area contributed by atoms with Crippen molar-refractivity contribution in [2.24, 2.45) is 0 Å². The second-order valence-corrected chi connectivity index (χ2v) is 6.30. The Hall–Kier alpha value is -2.87. The van der Waals surface area contributed by atoms with E-state index in [0.717, 1.165) is 17.6 Å². The molecule has 3 rings (SSSR count). The van der Waals surface area contributed by atoms with Crippen LogP contribution in [-0.4, -0.2) is 38.7 Å². The van der Waals surface area contributed by atoms with Gasteiger partial charge in [0, 0.05) is 36.7 Å². The van der Waals surface area contributed by atoms with Crippen molar-refractivity contribution in [3.63, 3.8) is 0 Å². The molecule has 0 saturated heterocycles. The fourth-order valence-corrected chi connectivity index (χ4v) is 2.84. The first kappa shape index (κ1) is 17.9. The Labute approximate surface area is 155 Å². The molecule has 0 fully saturated rings. The van der Waals surface area contributed by atoms with Crippen molar-refractivity contribution in [3.05, 3.63) is 52.2 Å². The van der Waals surface area contributed by atoms with Gasteiger partial charge >= 0.3 is 5.69 Å². The largest absolute Gasteiger partial charge is 0.357 e. The Morgan fingerprint density at radius 3 is 2.92 bits per heavy atom. The van der Waals surface area contributed by atoms with Crippen molar-refractivity contribution < 1.29 is 4.79 Å². The third-order valence-electron chi connectivity index (χ3n) is 3.81. The van der Waals surface area contributed by atoms with Crippen molar-refractivity contribution in [1.82, 2.24) is 19.2 Å². The number of nitrogens with zero attached hydrogens (tertiary/aromatic N) is 5. The molecular formula is C17H19ClN6O2. The molecule has 0 aliphatic rings. The minimum absolute atomic E-state index is 0.204. The maximum Gasteiger partial charge on any atom is 0.350 e. The van der Waals surface area contributed by atoms with Crippen LogP contribution in [0.3, 0.4) is 0 Å². The highest BCUT2D eigenvalue weighted by Gasteiger charge is 2.16. The number of carbonyl (C=O) groups excluding carboxylic acids is 1. The van der Waals surface area contributed by atoms with E-state index in [-0.39, 0.29) is 12.5 Å². The third kappa shape index (κ3) is 3.70. The van der Waals surface area contributed by atoms with Crippen molar-refractivity contribution in [1.29, 1.82) is 0 Å². The van der Waals surface area contributed by atoms with E-state index in [2.05, 4.69) is 22.3 Å². The van der Waals surface area contributed by atoms with Crippen LogP contribution < -0.4 is 15.9 Å². The summed E-state index contributed by atoms with van der Waals surface area (Å²) in [6.45, 7) is 2.63. The SMILES string of the molecule is CCCN(C)c1nccn2c(=O)n(CC(=O)Nc3cccc(Cl)c3)nc12. The summed E-state index contributed by atoms with van der Waals surface area (Å²) in [6, 6.07) is 6.80. The molecule has 3 aromatic rings. The topological polar surface area (TPSA) is 84.5 Å². The van der Waals surface area contributed by atoms with Crippen LogP contribution in [0.4, 0.5) is 11.5 Å². The van der Waals surface area contributed by atoms with E-state index in [1.54, 1.807) is 36.7 Å². The predicted molar refractivity (Wildman–Crippen MR) is 101 cm³/mol. The molecule has 0 bridgehead atoms. The molecule has 1 amide bonds. The summed E-state index contributed by atoms with van der Waals surface area (Å²) in [5.74, 6) is 0.231. The molecule has 0 spiro atoms. The first-order valence-corrected chi connectivity index (χ1v) is 8.58. The zero-order chi connectivity index (χ0) is 18.7. The molecule has 2 aromatic heterocycles. The van der Waals surface area contributed by atoms with E-state index in [4.69, 9.17) is 11.6 Å². The second-order valence-electron chi connectivity index (χ2n) is 5.86. The molecule has 9 heteroatoms. The predicted octanol–water partition coefficient (Wildman–Crippen LogP) is 2.03. The van der Waals surface area contributed by atoms with Gasteiger partial charge in [-0.2, -0.15) is 0 Å². The molecule has 0 radical (unpaired) electrons. The lowest BCUT2D eigenvalue weighted by Crippen LogP contribution is -2.28. The van der Waals surface area contributed by atoms with Gasteiger partial charge in [-0.15, -0.1) is 5.10 Å². The molecule has 0 atom stereocenters. The third-order valence-corrected chi connectivity index (χ3v) is 4.04. The van der Waals surface area contributed by atoms with Gasteiger partial charge in [-0.05, 0) is 24.6 Å². The van der Waals surface area contributed by atoms with Crippen LogP contribution in [0.25, 0.3) is 5.65 Å². The molecule has 1 aromatic carbocycles. The average molecular weight is 375 g/mol. The maximum absolute atomic E-state index is 12.5. The van der Waals surface area contributed by atoms with Crippen molar-refractivity contribution >= 4 is 34.7 Å². The summed E-state index contributed by atoms with van der Waals surface area (Å²) in [5, 5.41) is 7.51. The summed E-state index contributed by atoms with van der Waals surface area (Å²) in [7, 11) is 1.89. The smallest absolute Gasteiger partial charge is 0.350 e. The van der Waals surface area contributed by atoms with Gasteiger partial charge in [-0.25, -0.2) is 18.9 Å². The molecule has 0 unspecified atom stereocenters. The first-order valence-electron chi connectivity index (χ1n) is 8.20. The summed E-state index contributed by atoms with van der Waals surface area (Å²) >= 11 is 5.91. The van der Waals surface area contributed by atoms with Crippen molar-refractivity contribution in [3.8, 4) is 0 Å². The highest BCUT2D eigenvalue weighted by atomic mass is 35.5. The Bertz CT molecular complexity index is 996. The molecule has 8 nitrogen and oxygen atoms in total. The van der Waals surface area contributed by atoms with Crippen LogP contribution in [0.5, 0.6) is 0 Å². The molecule has 26 heavy (non-hydrogen) atoms. The molecule has 0 saturated carbocycles. The van der Waals surface area contributed by atoms with Crippen LogP contribution >= 0.6 is 11.6 Å². The van der Waals surface area contributed by atoms with Gasteiger partial charge in [-0.1, -0.05) is 24.6 Å². The van der Waals surface area contributed by atoms with Gasteiger partial charge in [0.05, 0.1) is 0 Å². The zero-order valence-corrected chi connectivity index (χ0v) is 15.3. The Morgan fingerprint density at radius 1 is 1.38 bits per heavy atom.